The lowest BCUT2D eigenvalue weighted by Crippen LogP contribution is -2.13. The van der Waals surface area contributed by atoms with E-state index in [2.05, 4.69) is 17.4 Å². The molecule has 2 aromatic carbocycles. The molecule has 1 amide bonds. The minimum absolute atomic E-state index is 0.0992. The Kier molecular flexibility index (Phi) is 10.8. The van der Waals surface area contributed by atoms with Crippen LogP contribution in [-0.4, -0.2) is 25.1 Å². The molecule has 0 heterocycles. The Morgan fingerprint density at radius 1 is 0.848 bits per heavy atom. The maximum Gasteiger partial charge on any atom is 0.305 e. The second kappa shape index (κ2) is 14.4. The number of rotatable bonds is 13. The molecule has 178 valence electrons. The summed E-state index contributed by atoms with van der Waals surface area (Å²) < 4.78 is 11.1. The number of hydrogen-bond donors (Lipinski definition) is 1. The summed E-state index contributed by atoms with van der Waals surface area (Å²) in [5.74, 6) is 1.30. The van der Waals surface area contributed by atoms with E-state index in [1.807, 2.05) is 42.5 Å². The van der Waals surface area contributed by atoms with Crippen molar-refractivity contribution < 1.29 is 19.1 Å². The number of anilines is 1. The number of nitrogens with one attached hydrogen (secondary N) is 1. The molecule has 5 heteroatoms. The Morgan fingerprint density at radius 3 is 2.36 bits per heavy atom. The highest BCUT2D eigenvalue weighted by Crippen LogP contribution is 2.26. The molecule has 0 aromatic heterocycles. The summed E-state index contributed by atoms with van der Waals surface area (Å²) in [5, 5.41) is 2.87. The molecule has 0 atom stereocenters. The third kappa shape index (κ3) is 10.1. The molecule has 1 N–H and O–H groups in total. The van der Waals surface area contributed by atoms with Crippen molar-refractivity contribution in [1.29, 1.82) is 0 Å². The molecule has 0 aliphatic heterocycles. The van der Waals surface area contributed by atoms with Gasteiger partial charge >= 0.3 is 5.97 Å². The molecule has 33 heavy (non-hydrogen) atoms. The Labute approximate surface area is 197 Å². The summed E-state index contributed by atoms with van der Waals surface area (Å²) in [4.78, 5) is 24.0. The van der Waals surface area contributed by atoms with Crippen molar-refractivity contribution in [3.8, 4) is 5.75 Å². The molecule has 3 rings (SSSR count). The van der Waals surface area contributed by atoms with Gasteiger partial charge in [-0.2, -0.15) is 0 Å². The first-order valence-corrected chi connectivity index (χ1v) is 12.4. The summed E-state index contributed by atoms with van der Waals surface area (Å²) in [6.45, 7) is 1.16. The molecule has 0 bridgehead atoms. The van der Waals surface area contributed by atoms with Crippen LogP contribution in [0.4, 0.5) is 5.69 Å². The maximum atomic E-state index is 12.1. The van der Waals surface area contributed by atoms with Crippen LogP contribution < -0.4 is 10.1 Å². The molecular formula is C28H37NO4. The highest BCUT2D eigenvalue weighted by Gasteiger charge is 2.13. The Balaban J connectivity index is 1.23. The lowest BCUT2D eigenvalue weighted by atomic mass is 9.87. The van der Waals surface area contributed by atoms with Gasteiger partial charge in [-0.3, -0.25) is 9.59 Å². The first-order valence-electron chi connectivity index (χ1n) is 12.4. The van der Waals surface area contributed by atoms with Gasteiger partial charge in [-0.25, -0.2) is 0 Å². The molecule has 2 aromatic rings. The van der Waals surface area contributed by atoms with Crippen LogP contribution in [0.25, 0.3) is 0 Å². The fourth-order valence-corrected chi connectivity index (χ4v) is 4.25. The largest absolute Gasteiger partial charge is 0.494 e. The molecule has 0 radical (unpaired) electrons. The summed E-state index contributed by atoms with van der Waals surface area (Å²) in [6, 6.07) is 17.6. The number of aryl methyl sites for hydroxylation is 1. The molecule has 1 aliphatic carbocycles. The van der Waals surface area contributed by atoms with E-state index in [9.17, 15) is 9.59 Å². The molecule has 1 saturated carbocycles. The first-order chi connectivity index (χ1) is 16.2. The van der Waals surface area contributed by atoms with Gasteiger partial charge in [-0.15, -0.1) is 0 Å². The second-order valence-electron chi connectivity index (χ2n) is 8.88. The predicted octanol–water partition coefficient (Wildman–Crippen LogP) is 6.32. The van der Waals surface area contributed by atoms with E-state index in [0.29, 0.717) is 19.4 Å². The van der Waals surface area contributed by atoms with Gasteiger partial charge in [0.05, 0.1) is 13.2 Å². The van der Waals surface area contributed by atoms with Crippen LogP contribution >= 0.6 is 0 Å². The van der Waals surface area contributed by atoms with Crippen LogP contribution in [0.3, 0.4) is 0 Å². The van der Waals surface area contributed by atoms with E-state index in [0.717, 1.165) is 43.2 Å². The first kappa shape index (κ1) is 24.8. The van der Waals surface area contributed by atoms with E-state index in [-0.39, 0.29) is 18.3 Å². The third-order valence-electron chi connectivity index (χ3n) is 6.16. The van der Waals surface area contributed by atoms with Crippen LogP contribution in [0.1, 0.15) is 69.8 Å². The van der Waals surface area contributed by atoms with Gasteiger partial charge in [-0.1, -0.05) is 62.4 Å². The number of ether oxygens (including phenoxy) is 2. The zero-order chi connectivity index (χ0) is 23.1. The minimum atomic E-state index is -0.245. The van der Waals surface area contributed by atoms with Gasteiger partial charge in [-0.05, 0) is 61.4 Å². The Bertz CT molecular complexity index is 829. The Hall–Kier alpha value is -2.82. The van der Waals surface area contributed by atoms with E-state index in [1.165, 1.54) is 37.7 Å². The minimum Gasteiger partial charge on any atom is -0.494 e. The topological polar surface area (TPSA) is 64.6 Å². The van der Waals surface area contributed by atoms with E-state index in [1.54, 1.807) is 0 Å². The average Bonchev–Trinajstić information content (AvgIpc) is 2.84. The standard InChI is InChI=1S/C28H37NO4/c30-27(14-7-15-28(31)33-21-8-13-23-9-3-1-4-10-23)29-25-16-18-26(19-17-25)32-22-20-24-11-5-2-6-12-24/h1,3-4,9-10,16-19,24H,2,5-8,11-15,20-22H2,(H,29,30). The van der Waals surface area contributed by atoms with Crippen molar-refractivity contribution >= 4 is 17.6 Å². The number of carbonyl (C=O) groups excluding carboxylic acids is 2. The zero-order valence-electron chi connectivity index (χ0n) is 19.6. The number of carbonyl (C=O) groups is 2. The normalized spacial score (nSPS) is 13.9. The summed E-state index contributed by atoms with van der Waals surface area (Å²) >= 11 is 0. The van der Waals surface area contributed by atoms with Crippen LogP contribution in [0.15, 0.2) is 54.6 Å². The molecule has 5 nitrogen and oxygen atoms in total. The molecule has 0 unspecified atom stereocenters. The highest BCUT2D eigenvalue weighted by molar-refractivity contribution is 5.90. The fourth-order valence-electron chi connectivity index (χ4n) is 4.25. The predicted molar refractivity (Wildman–Crippen MR) is 131 cm³/mol. The van der Waals surface area contributed by atoms with Crippen LogP contribution in [0.2, 0.25) is 0 Å². The highest BCUT2D eigenvalue weighted by atomic mass is 16.5. The van der Waals surface area contributed by atoms with Crippen LogP contribution in [0.5, 0.6) is 5.75 Å². The van der Waals surface area contributed by atoms with E-state index in [4.69, 9.17) is 9.47 Å². The lowest BCUT2D eigenvalue weighted by molar-refractivity contribution is -0.143. The monoisotopic (exact) mass is 451 g/mol. The third-order valence-corrected chi connectivity index (χ3v) is 6.16. The summed E-state index contributed by atoms with van der Waals surface area (Å²) in [5.41, 5.74) is 1.98. The second-order valence-corrected chi connectivity index (χ2v) is 8.88. The Morgan fingerprint density at radius 2 is 1.61 bits per heavy atom. The van der Waals surface area contributed by atoms with Crippen LogP contribution in [0, 0.1) is 5.92 Å². The van der Waals surface area contributed by atoms with Crippen molar-refractivity contribution in [1.82, 2.24) is 0 Å². The van der Waals surface area contributed by atoms with Gasteiger partial charge < -0.3 is 14.8 Å². The molecular weight excluding hydrogens is 414 g/mol. The summed E-state index contributed by atoms with van der Waals surface area (Å²) in [6.07, 6.45) is 10.6. The van der Waals surface area contributed by atoms with Gasteiger partial charge in [0, 0.05) is 18.5 Å². The average molecular weight is 452 g/mol. The number of benzene rings is 2. The molecule has 1 aliphatic rings. The van der Waals surface area contributed by atoms with Gasteiger partial charge in [0.15, 0.2) is 0 Å². The fraction of sp³-hybridized carbons (Fsp3) is 0.500. The number of amides is 1. The van der Waals surface area contributed by atoms with Crippen molar-refractivity contribution in [2.24, 2.45) is 5.92 Å². The molecule has 0 spiro atoms. The SMILES string of the molecule is O=C(CCCC(=O)OCCCc1ccccc1)Nc1ccc(OCCC2CCCCC2)cc1. The number of esters is 1. The molecule has 0 saturated heterocycles. The summed E-state index contributed by atoms with van der Waals surface area (Å²) in [7, 11) is 0. The van der Waals surface area contributed by atoms with Crippen molar-refractivity contribution in [2.75, 3.05) is 18.5 Å². The lowest BCUT2D eigenvalue weighted by Gasteiger charge is -2.21. The van der Waals surface area contributed by atoms with Crippen LogP contribution in [-0.2, 0) is 20.7 Å². The van der Waals surface area contributed by atoms with Gasteiger partial charge in [0.2, 0.25) is 5.91 Å². The van der Waals surface area contributed by atoms with E-state index >= 15 is 0 Å². The maximum absolute atomic E-state index is 12.1. The smallest absolute Gasteiger partial charge is 0.305 e. The van der Waals surface area contributed by atoms with E-state index < -0.39 is 0 Å². The zero-order valence-corrected chi connectivity index (χ0v) is 19.6. The van der Waals surface area contributed by atoms with Crippen molar-refractivity contribution in [2.45, 2.75) is 70.6 Å². The molecule has 1 fully saturated rings. The van der Waals surface area contributed by atoms with Crippen molar-refractivity contribution in [3.63, 3.8) is 0 Å². The quantitative estimate of drug-likeness (QED) is 0.286. The number of hydrogen-bond acceptors (Lipinski definition) is 4. The van der Waals surface area contributed by atoms with Gasteiger partial charge in [0.1, 0.15) is 5.75 Å². The van der Waals surface area contributed by atoms with Gasteiger partial charge in [0.25, 0.3) is 0 Å². The van der Waals surface area contributed by atoms with Crippen molar-refractivity contribution in [3.05, 3.63) is 60.2 Å².